The molecule has 0 aliphatic rings. The SMILES string of the molecule is CC(C)OP(=O)(OC(C)C)C(N)Cc1ccccc1. The van der Waals surface area contributed by atoms with E-state index >= 15 is 0 Å². The normalized spacial score (nSPS) is 14.1. The predicted octanol–water partition coefficient (Wildman–Crippen LogP) is 3.56. The van der Waals surface area contributed by atoms with Gasteiger partial charge in [-0.1, -0.05) is 30.3 Å². The van der Waals surface area contributed by atoms with Crippen molar-refractivity contribution in [3.8, 4) is 0 Å². The van der Waals surface area contributed by atoms with Crippen molar-refractivity contribution in [1.82, 2.24) is 0 Å². The van der Waals surface area contributed by atoms with E-state index in [0.717, 1.165) is 5.56 Å². The molecule has 0 amide bonds. The molecule has 0 aliphatic heterocycles. The molecule has 4 nitrogen and oxygen atoms in total. The van der Waals surface area contributed by atoms with E-state index in [0.29, 0.717) is 6.42 Å². The van der Waals surface area contributed by atoms with Gasteiger partial charge in [0.05, 0.1) is 12.2 Å². The smallest absolute Gasteiger partial charge is 0.317 e. The highest BCUT2D eigenvalue weighted by Crippen LogP contribution is 2.53. The van der Waals surface area contributed by atoms with Crippen molar-refractivity contribution in [1.29, 1.82) is 0 Å². The van der Waals surface area contributed by atoms with Crippen LogP contribution in [0.2, 0.25) is 0 Å². The fourth-order valence-corrected chi connectivity index (χ4v) is 3.71. The molecular weight excluding hydrogens is 261 g/mol. The quantitative estimate of drug-likeness (QED) is 0.778. The molecule has 5 heteroatoms. The lowest BCUT2D eigenvalue weighted by molar-refractivity contribution is 0.136. The second-order valence-corrected chi connectivity index (χ2v) is 7.27. The largest absolute Gasteiger partial charge is 0.348 e. The lowest BCUT2D eigenvalue weighted by atomic mass is 10.2. The average molecular weight is 285 g/mol. The van der Waals surface area contributed by atoms with Gasteiger partial charge in [0.25, 0.3) is 0 Å². The minimum Gasteiger partial charge on any atom is -0.317 e. The topological polar surface area (TPSA) is 61.5 Å². The van der Waals surface area contributed by atoms with E-state index in [1.54, 1.807) is 0 Å². The molecular formula is C14H24NO3P. The highest BCUT2D eigenvalue weighted by Gasteiger charge is 2.35. The number of benzene rings is 1. The van der Waals surface area contributed by atoms with Gasteiger partial charge in [0, 0.05) is 0 Å². The van der Waals surface area contributed by atoms with E-state index in [4.69, 9.17) is 14.8 Å². The summed E-state index contributed by atoms with van der Waals surface area (Å²) in [6.07, 6.45) is 0.0928. The molecule has 1 rings (SSSR count). The molecule has 0 aliphatic carbocycles. The molecule has 0 radical (unpaired) electrons. The van der Waals surface area contributed by atoms with Crippen molar-refractivity contribution in [3.05, 3.63) is 35.9 Å². The summed E-state index contributed by atoms with van der Waals surface area (Å²) in [6, 6.07) is 9.70. The zero-order valence-electron chi connectivity index (χ0n) is 12.1. The van der Waals surface area contributed by atoms with Gasteiger partial charge < -0.3 is 14.8 Å². The van der Waals surface area contributed by atoms with Crippen molar-refractivity contribution in [2.24, 2.45) is 5.73 Å². The van der Waals surface area contributed by atoms with Gasteiger partial charge in [-0.05, 0) is 39.7 Å². The lowest BCUT2D eigenvalue weighted by Gasteiger charge is -2.27. The van der Waals surface area contributed by atoms with Gasteiger partial charge in [-0.2, -0.15) is 0 Å². The Bertz CT molecular complexity index is 406. The summed E-state index contributed by atoms with van der Waals surface area (Å²) in [5.74, 6) is -0.653. The summed E-state index contributed by atoms with van der Waals surface area (Å²) in [6.45, 7) is 7.30. The van der Waals surface area contributed by atoms with Gasteiger partial charge >= 0.3 is 7.60 Å². The van der Waals surface area contributed by atoms with Gasteiger partial charge in [-0.25, -0.2) is 0 Å². The first-order chi connectivity index (χ1) is 8.83. The molecule has 0 heterocycles. The van der Waals surface area contributed by atoms with Crippen LogP contribution >= 0.6 is 7.60 Å². The van der Waals surface area contributed by atoms with Gasteiger partial charge in [-0.15, -0.1) is 0 Å². The van der Waals surface area contributed by atoms with Crippen LogP contribution in [0.3, 0.4) is 0 Å². The van der Waals surface area contributed by atoms with Gasteiger partial charge in [-0.3, -0.25) is 4.57 Å². The summed E-state index contributed by atoms with van der Waals surface area (Å²) in [5.41, 5.74) is 7.09. The first kappa shape index (κ1) is 16.4. The highest BCUT2D eigenvalue weighted by atomic mass is 31.2. The van der Waals surface area contributed by atoms with Crippen molar-refractivity contribution in [3.63, 3.8) is 0 Å². The Morgan fingerprint density at radius 1 is 1.05 bits per heavy atom. The van der Waals surface area contributed by atoms with Crippen molar-refractivity contribution < 1.29 is 13.6 Å². The maximum absolute atomic E-state index is 12.8. The van der Waals surface area contributed by atoms with Crippen LogP contribution in [0.1, 0.15) is 33.3 Å². The van der Waals surface area contributed by atoms with Crippen LogP contribution in [0.5, 0.6) is 0 Å². The fraction of sp³-hybridized carbons (Fsp3) is 0.571. The maximum atomic E-state index is 12.8. The molecule has 0 fully saturated rings. The first-order valence-corrected chi connectivity index (χ1v) is 8.20. The molecule has 0 bridgehead atoms. The third kappa shape index (κ3) is 5.45. The Morgan fingerprint density at radius 2 is 1.53 bits per heavy atom. The van der Waals surface area contributed by atoms with Crippen LogP contribution in [-0.2, 0) is 20.0 Å². The fourth-order valence-electron chi connectivity index (χ4n) is 1.74. The zero-order chi connectivity index (χ0) is 14.5. The Morgan fingerprint density at radius 3 is 1.95 bits per heavy atom. The Hall–Kier alpha value is -0.670. The van der Waals surface area contributed by atoms with Crippen LogP contribution in [0.15, 0.2) is 30.3 Å². The molecule has 2 N–H and O–H groups in total. The van der Waals surface area contributed by atoms with E-state index in [-0.39, 0.29) is 12.2 Å². The summed E-state index contributed by atoms with van der Waals surface area (Å²) >= 11 is 0. The number of hydrogen-bond donors (Lipinski definition) is 1. The van der Waals surface area contributed by atoms with Gasteiger partial charge in [0.15, 0.2) is 0 Å². The van der Waals surface area contributed by atoms with Crippen LogP contribution in [0.25, 0.3) is 0 Å². The number of nitrogens with two attached hydrogens (primary N) is 1. The molecule has 0 aromatic heterocycles. The summed E-state index contributed by atoms with van der Waals surface area (Å²) in [7, 11) is -3.31. The van der Waals surface area contributed by atoms with E-state index in [1.807, 2.05) is 58.0 Å². The van der Waals surface area contributed by atoms with E-state index < -0.39 is 13.4 Å². The molecule has 1 unspecified atom stereocenters. The number of rotatable bonds is 7. The van der Waals surface area contributed by atoms with Crippen molar-refractivity contribution in [2.45, 2.75) is 52.1 Å². The van der Waals surface area contributed by atoms with Crippen molar-refractivity contribution in [2.75, 3.05) is 0 Å². The van der Waals surface area contributed by atoms with Gasteiger partial charge in [0.1, 0.15) is 5.78 Å². The minimum atomic E-state index is -3.31. The summed E-state index contributed by atoms with van der Waals surface area (Å²) in [5, 5.41) is 0. The summed E-state index contributed by atoms with van der Waals surface area (Å²) in [4.78, 5) is 0. The minimum absolute atomic E-state index is 0.189. The molecule has 0 spiro atoms. The van der Waals surface area contributed by atoms with E-state index in [1.165, 1.54) is 0 Å². The van der Waals surface area contributed by atoms with Crippen molar-refractivity contribution >= 4 is 7.60 Å². The lowest BCUT2D eigenvalue weighted by Crippen LogP contribution is -2.28. The Kier molecular flexibility index (Phi) is 6.21. The zero-order valence-corrected chi connectivity index (χ0v) is 13.0. The molecule has 1 aromatic carbocycles. The van der Waals surface area contributed by atoms with E-state index in [2.05, 4.69) is 0 Å². The molecule has 1 atom stereocenters. The molecule has 108 valence electrons. The number of hydrogen-bond acceptors (Lipinski definition) is 4. The van der Waals surface area contributed by atoms with Crippen LogP contribution in [0, 0.1) is 0 Å². The third-order valence-electron chi connectivity index (χ3n) is 2.41. The molecule has 0 saturated heterocycles. The first-order valence-electron chi connectivity index (χ1n) is 6.59. The third-order valence-corrected chi connectivity index (χ3v) is 4.84. The standard InChI is InChI=1S/C14H24NO3P/c1-11(2)17-19(16,18-12(3)4)14(15)10-13-8-6-5-7-9-13/h5-9,11-12,14H,10,15H2,1-4H3. The van der Waals surface area contributed by atoms with Gasteiger partial charge in [0.2, 0.25) is 0 Å². The molecule has 0 saturated carbocycles. The molecule has 1 aromatic rings. The van der Waals surface area contributed by atoms with Crippen LogP contribution in [0.4, 0.5) is 0 Å². The predicted molar refractivity (Wildman–Crippen MR) is 78.2 cm³/mol. The Balaban J connectivity index is 2.82. The Labute approximate surface area is 115 Å². The average Bonchev–Trinajstić information content (AvgIpc) is 2.27. The highest BCUT2D eigenvalue weighted by molar-refractivity contribution is 7.54. The monoisotopic (exact) mass is 285 g/mol. The maximum Gasteiger partial charge on any atom is 0.348 e. The van der Waals surface area contributed by atoms with E-state index in [9.17, 15) is 4.57 Å². The summed E-state index contributed by atoms with van der Waals surface area (Å²) < 4.78 is 23.8. The van der Waals surface area contributed by atoms with Crippen LogP contribution in [-0.4, -0.2) is 18.0 Å². The molecule has 19 heavy (non-hydrogen) atoms. The second kappa shape index (κ2) is 7.20. The second-order valence-electron chi connectivity index (χ2n) is 5.11. The van der Waals surface area contributed by atoms with Crippen LogP contribution < -0.4 is 5.73 Å².